The van der Waals surface area contributed by atoms with Gasteiger partial charge in [0.1, 0.15) is 0 Å². The van der Waals surface area contributed by atoms with E-state index in [4.69, 9.17) is 4.42 Å². The second-order valence-corrected chi connectivity index (χ2v) is 4.57. The molecule has 0 fully saturated rings. The Morgan fingerprint density at radius 2 is 2.06 bits per heavy atom. The van der Waals surface area contributed by atoms with E-state index in [1.165, 1.54) is 17.4 Å². The number of hydrogen-bond donors (Lipinski definition) is 1. The molecule has 0 saturated carbocycles. The van der Waals surface area contributed by atoms with Crippen molar-refractivity contribution >= 4 is 22.3 Å². The average Bonchev–Trinajstić information content (AvgIpc) is 2.83. The maximum Gasteiger partial charge on any atom is 0.345 e. The van der Waals surface area contributed by atoms with Gasteiger partial charge in [0.25, 0.3) is 0 Å². The van der Waals surface area contributed by atoms with E-state index in [1.807, 2.05) is 17.5 Å². The first kappa shape index (κ1) is 10.1. The van der Waals surface area contributed by atoms with Gasteiger partial charge in [0, 0.05) is 10.3 Å². The first-order valence-corrected chi connectivity index (χ1v) is 5.93. The van der Waals surface area contributed by atoms with Crippen LogP contribution in [0.3, 0.4) is 0 Å². The Balaban J connectivity index is 2.36. The highest BCUT2D eigenvalue weighted by Crippen LogP contribution is 2.28. The van der Waals surface area contributed by atoms with Gasteiger partial charge in [-0.2, -0.15) is 0 Å². The summed E-state index contributed by atoms with van der Waals surface area (Å²) in [6.07, 6.45) is 0. The van der Waals surface area contributed by atoms with Crippen LogP contribution in [-0.4, -0.2) is 5.11 Å². The van der Waals surface area contributed by atoms with Crippen molar-refractivity contribution in [1.29, 1.82) is 0 Å². The predicted octanol–water partition coefficient (Wildman–Crippen LogP) is 3.23. The summed E-state index contributed by atoms with van der Waals surface area (Å²) in [5.74, 6) is -0.0164. The lowest BCUT2D eigenvalue weighted by Crippen LogP contribution is -2.01. The van der Waals surface area contributed by atoms with E-state index >= 15 is 0 Å². The summed E-state index contributed by atoms with van der Waals surface area (Å²) in [5.41, 5.74) is 0.331. The molecule has 0 spiro atoms. The summed E-state index contributed by atoms with van der Waals surface area (Å²) in [4.78, 5) is 12.7. The van der Waals surface area contributed by atoms with Crippen molar-refractivity contribution in [2.24, 2.45) is 0 Å². The highest BCUT2D eigenvalue weighted by molar-refractivity contribution is 7.13. The van der Waals surface area contributed by atoms with E-state index in [-0.39, 0.29) is 11.3 Å². The van der Waals surface area contributed by atoms with Crippen molar-refractivity contribution in [1.82, 2.24) is 0 Å². The van der Waals surface area contributed by atoms with Crippen LogP contribution in [0.2, 0.25) is 0 Å². The van der Waals surface area contributed by atoms with Crippen LogP contribution in [0.4, 0.5) is 0 Å². The van der Waals surface area contributed by atoms with Crippen molar-refractivity contribution < 1.29 is 9.52 Å². The molecule has 0 amide bonds. The summed E-state index contributed by atoms with van der Waals surface area (Å²) in [7, 11) is 0. The fraction of sp³-hybridized carbons (Fsp3) is 0. The predicted molar refractivity (Wildman–Crippen MR) is 67.5 cm³/mol. The van der Waals surface area contributed by atoms with Gasteiger partial charge in [-0.1, -0.05) is 18.2 Å². The Bertz CT molecular complexity index is 726. The SMILES string of the molecule is O=c1oc2c(O)cccc2cc1-c1cccs1. The summed E-state index contributed by atoms with van der Waals surface area (Å²) in [6, 6.07) is 10.5. The summed E-state index contributed by atoms with van der Waals surface area (Å²) >= 11 is 1.48. The van der Waals surface area contributed by atoms with Crippen LogP contribution in [0.25, 0.3) is 21.4 Å². The van der Waals surface area contributed by atoms with Crippen LogP contribution in [0.1, 0.15) is 0 Å². The summed E-state index contributed by atoms with van der Waals surface area (Å²) < 4.78 is 5.15. The molecular weight excluding hydrogens is 236 g/mol. The first-order valence-electron chi connectivity index (χ1n) is 5.05. The molecule has 0 aliphatic heterocycles. The van der Waals surface area contributed by atoms with E-state index in [2.05, 4.69) is 0 Å². The Hall–Kier alpha value is -2.07. The van der Waals surface area contributed by atoms with E-state index in [0.717, 1.165) is 4.88 Å². The first-order chi connectivity index (χ1) is 8.25. The van der Waals surface area contributed by atoms with E-state index < -0.39 is 5.63 Å². The minimum absolute atomic E-state index is 0.0164. The normalized spacial score (nSPS) is 10.8. The largest absolute Gasteiger partial charge is 0.504 e. The van der Waals surface area contributed by atoms with Gasteiger partial charge in [-0.25, -0.2) is 4.79 Å². The molecule has 0 radical (unpaired) electrons. The lowest BCUT2D eigenvalue weighted by molar-refractivity contribution is 0.457. The second-order valence-electron chi connectivity index (χ2n) is 3.62. The number of hydrogen-bond acceptors (Lipinski definition) is 4. The van der Waals surface area contributed by atoms with Crippen molar-refractivity contribution in [3.05, 3.63) is 52.2 Å². The van der Waals surface area contributed by atoms with Gasteiger partial charge in [0.05, 0.1) is 5.56 Å². The molecule has 0 atom stereocenters. The molecule has 0 aliphatic rings. The topological polar surface area (TPSA) is 50.4 Å². The Morgan fingerprint density at radius 3 is 2.82 bits per heavy atom. The Labute approximate surface area is 101 Å². The fourth-order valence-electron chi connectivity index (χ4n) is 1.73. The van der Waals surface area contributed by atoms with Crippen molar-refractivity contribution in [2.45, 2.75) is 0 Å². The molecule has 3 aromatic rings. The number of thiophene rings is 1. The number of fused-ring (bicyclic) bond motifs is 1. The Kier molecular flexibility index (Phi) is 2.23. The van der Waals surface area contributed by atoms with Gasteiger partial charge in [0.2, 0.25) is 0 Å². The molecule has 3 rings (SSSR count). The van der Waals surface area contributed by atoms with E-state index in [1.54, 1.807) is 18.2 Å². The summed E-state index contributed by atoms with van der Waals surface area (Å²) in [5, 5.41) is 12.2. The molecule has 1 aromatic carbocycles. The molecule has 2 heterocycles. The van der Waals surface area contributed by atoms with E-state index in [0.29, 0.717) is 10.9 Å². The molecule has 17 heavy (non-hydrogen) atoms. The minimum atomic E-state index is -0.429. The number of rotatable bonds is 1. The van der Waals surface area contributed by atoms with Crippen molar-refractivity contribution in [3.63, 3.8) is 0 Å². The highest BCUT2D eigenvalue weighted by atomic mass is 32.1. The van der Waals surface area contributed by atoms with Gasteiger partial charge in [-0.3, -0.25) is 0 Å². The minimum Gasteiger partial charge on any atom is -0.504 e. The Morgan fingerprint density at radius 1 is 1.18 bits per heavy atom. The van der Waals surface area contributed by atoms with E-state index in [9.17, 15) is 9.90 Å². The highest BCUT2D eigenvalue weighted by Gasteiger charge is 2.10. The van der Waals surface area contributed by atoms with Gasteiger partial charge >= 0.3 is 5.63 Å². The molecule has 4 heteroatoms. The van der Waals surface area contributed by atoms with Crippen LogP contribution in [0.5, 0.6) is 5.75 Å². The second kappa shape index (κ2) is 3.75. The lowest BCUT2D eigenvalue weighted by Gasteiger charge is -2.01. The third kappa shape index (κ3) is 1.62. The number of para-hydroxylation sites is 1. The smallest absolute Gasteiger partial charge is 0.345 e. The molecule has 0 aliphatic carbocycles. The van der Waals surface area contributed by atoms with Crippen LogP contribution in [-0.2, 0) is 0 Å². The lowest BCUT2D eigenvalue weighted by atomic mass is 10.1. The van der Waals surface area contributed by atoms with Gasteiger partial charge in [0.15, 0.2) is 11.3 Å². The zero-order valence-electron chi connectivity index (χ0n) is 8.71. The van der Waals surface area contributed by atoms with Crippen LogP contribution in [0, 0.1) is 0 Å². The maximum absolute atomic E-state index is 11.8. The quantitative estimate of drug-likeness (QED) is 0.668. The summed E-state index contributed by atoms with van der Waals surface area (Å²) in [6.45, 7) is 0. The van der Waals surface area contributed by atoms with Gasteiger partial charge in [-0.05, 0) is 23.6 Å². The standard InChI is InChI=1S/C13H8O3S/c14-10-4-1-3-8-7-9(11-5-2-6-17-11)13(15)16-12(8)10/h1-7,14H. The molecular formula is C13H8O3S. The van der Waals surface area contributed by atoms with Crippen LogP contribution >= 0.6 is 11.3 Å². The van der Waals surface area contributed by atoms with Crippen molar-refractivity contribution in [3.8, 4) is 16.2 Å². The zero-order valence-corrected chi connectivity index (χ0v) is 9.53. The van der Waals surface area contributed by atoms with Crippen LogP contribution < -0.4 is 5.63 Å². The molecule has 0 saturated heterocycles. The molecule has 0 unspecified atom stereocenters. The molecule has 84 valence electrons. The monoisotopic (exact) mass is 244 g/mol. The molecule has 0 bridgehead atoms. The average molecular weight is 244 g/mol. The number of benzene rings is 1. The molecule has 2 aromatic heterocycles. The maximum atomic E-state index is 11.8. The third-order valence-electron chi connectivity index (χ3n) is 2.53. The number of phenolic OH excluding ortho intramolecular Hbond substituents is 1. The number of phenols is 1. The zero-order chi connectivity index (χ0) is 11.8. The van der Waals surface area contributed by atoms with Crippen molar-refractivity contribution in [2.75, 3.05) is 0 Å². The molecule has 3 nitrogen and oxygen atoms in total. The number of aromatic hydroxyl groups is 1. The van der Waals surface area contributed by atoms with Gasteiger partial charge in [-0.15, -0.1) is 11.3 Å². The molecule has 1 N–H and O–H groups in total. The fourth-order valence-corrected chi connectivity index (χ4v) is 2.46. The van der Waals surface area contributed by atoms with Gasteiger partial charge < -0.3 is 9.52 Å². The van der Waals surface area contributed by atoms with Crippen LogP contribution in [0.15, 0.2) is 51.0 Å². The third-order valence-corrected chi connectivity index (χ3v) is 3.43.